The highest BCUT2D eigenvalue weighted by Crippen LogP contribution is 2.45. The molecule has 1 N–H and O–H groups in total. The van der Waals surface area contributed by atoms with Gasteiger partial charge in [0.2, 0.25) is 11.8 Å². The van der Waals surface area contributed by atoms with Gasteiger partial charge in [-0.25, -0.2) is 9.18 Å². The van der Waals surface area contributed by atoms with Crippen LogP contribution in [-0.4, -0.2) is 46.6 Å². The summed E-state index contributed by atoms with van der Waals surface area (Å²) >= 11 is 0. The number of halogens is 1. The van der Waals surface area contributed by atoms with Crippen molar-refractivity contribution in [1.82, 2.24) is 4.98 Å². The zero-order chi connectivity index (χ0) is 33.3. The van der Waals surface area contributed by atoms with Gasteiger partial charge in [0, 0.05) is 42.5 Å². The average Bonchev–Trinajstić information content (AvgIpc) is 2.93. The molecule has 0 spiro atoms. The third-order valence-corrected chi connectivity index (χ3v) is 8.22. The molecule has 0 aliphatic carbocycles. The minimum absolute atomic E-state index is 0.0637. The Morgan fingerprint density at radius 3 is 2.09 bits per heavy atom. The molecule has 1 fully saturated rings. The molecule has 45 heavy (non-hydrogen) atoms. The Morgan fingerprint density at radius 1 is 1.00 bits per heavy atom. The minimum atomic E-state index is -1.24. The van der Waals surface area contributed by atoms with Crippen molar-refractivity contribution in [3.63, 3.8) is 0 Å². The van der Waals surface area contributed by atoms with E-state index >= 15 is 0 Å². The molecule has 2 amide bonds. The van der Waals surface area contributed by atoms with Gasteiger partial charge in [0.1, 0.15) is 5.82 Å². The number of rotatable bonds is 8. The van der Waals surface area contributed by atoms with Gasteiger partial charge in [0.25, 0.3) is 0 Å². The molecule has 2 heterocycles. The van der Waals surface area contributed by atoms with Gasteiger partial charge in [-0.2, -0.15) is 0 Å². The van der Waals surface area contributed by atoms with Gasteiger partial charge >= 0.3 is 5.97 Å². The van der Waals surface area contributed by atoms with Crippen molar-refractivity contribution >= 4 is 29.2 Å². The average molecular weight is 618 g/mol. The molecule has 240 valence electrons. The molecule has 4 rings (SSSR count). The Bertz CT molecular complexity index is 1570. The van der Waals surface area contributed by atoms with Crippen LogP contribution in [0.15, 0.2) is 48.5 Å². The minimum Gasteiger partial charge on any atom is -0.479 e. The highest BCUT2D eigenvalue weighted by molar-refractivity contribution is 6.14. The van der Waals surface area contributed by atoms with E-state index in [1.807, 2.05) is 46.8 Å². The number of hydrogen-bond acceptors (Lipinski definition) is 6. The zero-order valence-electron chi connectivity index (χ0n) is 27.5. The van der Waals surface area contributed by atoms with Crippen molar-refractivity contribution in [2.24, 2.45) is 5.41 Å². The zero-order valence-corrected chi connectivity index (χ0v) is 27.5. The number of aromatic nitrogens is 1. The van der Waals surface area contributed by atoms with Crippen molar-refractivity contribution in [3.05, 3.63) is 76.9 Å². The molecule has 0 saturated carbocycles. The Balaban J connectivity index is 1.82. The number of piperidine rings is 1. The monoisotopic (exact) mass is 617 g/mol. The largest absolute Gasteiger partial charge is 0.479 e. The van der Waals surface area contributed by atoms with Crippen LogP contribution in [0.5, 0.6) is 0 Å². The maximum absolute atomic E-state index is 13.4. The van der Waals surface area contributed by atoms with E-state index < -0.39 is 35.3 Å². The second kappa shape index (κ2) is 13.1. The molecule has 9 heteroatoms. The van der Waals surface area contributed by atoms with E-state index in [4.69, 9.17) is 9.72 Å². The summed E-state index contributed by atoms with van der Waals surface area (Å²) in [6.07, 6.45) is 0.573. The lowest BCUT2D eigenvalue weighted by Gasteiger charge is -2.41. The molecule has 0 bridgehead atoms. The lowest BCUT2D eigenvalue weighted by Crippen LogP contribution is -2.39. The van der Waals surface area contributed by atoms with Crippen molar-refractivity contribution in [2.45, 2.75) is 86.4 Å². The van der Waals surface area contributed by atoms with E-state index in [9.17, 15) is 23.9 Å². The predicted molar refractivity (Wildman–Crippen MR) is 174 cm³/mol. The van der Waals surface area contributed by atoms with Gasteiger partial charge in [0.15, 0.2) is 6.10 Å². The van der Waals surface area contributed by atoms with E-state index in [-0.39, 0.29) is 11.8 Å². The summed E-state index contributed by atoms with van der Waals surface area (Å²) in [7, 11) is 0. The molecule has 2 aromatic carbocycles. The lowest BCUT2D eigenvalue weighted by molar-refractivity contribution is -0.160. The molecule has 1 saturated heterocycles. The number of carboxylic acids is 1. The van der Waals surface area contributed by atoms with Gasteiger partial charge in [-0.15, -0.1) is 0 Å². The van der Waals surface area contributed by atoms with E-state index in [0.717, 1.165) is 53.3 Å². The first-order valence-corrected chi connectivity index (χ1v) is 15.3. The fourth-order valence-electron chi connectivity index (χ4n) is 5.89. The SMILES string of the molecule is CC(=O)N(C(=O)Cc1ccc(F)cc1)c1ccc(-c2c(C)nc(C)c([C@H](OC(C)(C)C)C(=O)O)c2N2CCC(C)(C)CC2)cc1. The number of pyridine rings is 1. The number of nitrogens with zero attached hydrogens (tertiary/aromatic N) is 3. The van der Waals surface area contributed by atoms with Crippen LogP contribution < -0.4 is 9.80 Å². The van der Waals surface area contributed by atoms with Crippen LogP contribution in [0.25, 0.3) is 11.1 Å². The second-order valence-corrected chi connectivity index (χ2v) is 13.6. The molecule has 1 atom stereocenters. The second-order valence-electron chi connectivity index (χ2n) is 13.6. The molecular formula is C36H44FN3O5. The summed E-state index contributed by atoms with van der Waals surface area (Å²) in [5, 5.41) is 10.4. The fourth-order valence-corrected chi connectivity index (χ4v) is 5.89. The van der Waals surface area contributed by atoms with Gasteiger partial charge in [-0.05, 0) is 88.3 Å². The number of hydrogen-bond donors (Lipinski definition) is 1. The summed E-state index contributed by atoms with van der Waals surface area (Å²) in [4.78, 5) is 46.8. The van der Waals surface area contributed by atoms with E-state index in [0.29, 0.717) is 22.5 Å². The molecule has 1 aromatic heterocycles. The van der Waals surface area contributed by atoms with E-state index in [1.165, 1.54) is 31.2 Å². The molecular weight excluding hydrogens is 573 g/mol. The van der Waals surface area contributed by atoms with Gasteiger partial charge in [0.05, 0.1) is 23.4 Å². The Morgan fingerprint density at radius 2 is 1.58 bits per heavy atom. The standard InChI is InChI=1S/C36H44FN3O5/c1-22-30(26-11-15-28(16-12-26)40(24(3)41)29(42)21-25-9-13-27(37)14-10-25)32(39-19-17-36(7,8)18-20-39)31(23(2)38-22)33(34(43)44)45-35(4,5)6/h9-16,33H,17-21H2,1-8H3,(H,43,44)/t33-/m0/s1. The smallest absolute Gasteiger partial charge is 0.337 e. The quantitative estimate of drug-likeness (QED) is 0.286. The first kappa shape index (κ1) is 33.8. The van der Waals surface area contributed by atoms with Crippen LogP contribution in [0.4, 0.5) is 15.8 Å². The van der Waals surface area contributed by atoms with Crippen molar-refractivity contribution < 1.29 is 28.6 Å². The van der Waals surface area contributed by atoms with Crippen LogP contribution in [0, 0.1) is 25.1 Å². The summed E-state index contributed by atoms with van der Waals surface area (Å²) in [6, 6.07) is 12.7. The summed E-state index contributed by atoms with van der Waals surface area (Å²) in [6.45, 7) is 16.5. The van der Waals surface area contributed by atoms with Crippen molar-refractivity contribution in [1.29, 1.82) is 0 Å². The number of benzene rings is 2. The number of ether oxygens (including phenoxy) is 1. The van der Waals surface area contributed by atoms with Crippen molar-refractivity contribution in [3.8, 4) is 11.1 Å². The van der Waals surface area contributed by atoms with Crippen LogP contribution >= 0.6 is 0 Å². The number of carbonyl (C=O) groups is 3. The van der Waals surface area contributed by atoms with Crippen LogP contribution in [0.3, 0.4) is 0 Å². The summed E-state index contributed by atoms with van der Waals surface area (Å²) < 4.78 is 19.5. The van der Waals surface area contributed by atoms with Crippen LogP contribution in [0.2, 0.25) is 0 Å². The van der Waals surface area contributed by atoms with Gasteiger partial charge in [-0.1, -0.05) is 38.1 Å². The first-order chi connectivity index (χ1) is 21.0. The number of aliphatic carboxylic acids is 1. The molecule has 0 radical (unpaired) electrons. The highest BCUT2D eigenvalue weighted by atomic mass is 19.1. The number of aryl methyl sites for hydroxylation is 2. The molecule has 1 aliphatic heterocycles. The highest BCUT2D eigenvalue weighted by Gasteiger charge is 2.36. The number of anilines is 2. The summed E-state index contributed by atoms with van der Waals surface area (Å²) in [5.74, 6) is -2.36. The third-order valence-electron chi connectivity index (χ3n) is 8.22. The van der Waals surface area contributed by atoms with Crippen molar-refractivity contribution in [2.75, 3.05) is 22.9 Å². The topological polar surface area (TPSA) is 100 Å². The molecule has 0 unspecified atom stereocenters. The van der Waals surface area contributed by atoms with Gasteiger partial charge in [-0.3, -0.25) is 19.5 Å². The number of amides is 2. The Hall–Kier alpha value is -4.11. The molecule has 3 aromatic rings. The first-order valence-electron chi connectivity index (χ1n) is 15.3. The number of carboxylic acid groups (broad SMARTS) is 1. The third kappa shape index (κ3) is 7.95. The molecule has 1 aliphatic rings. The van der Waals surface area contributed by atoms with Crippen LogP contribution in [0.1, 0.15) is 83.0 Å². The van der Waals surface area contributed by atoms with E-state index in [2.05, 4.69) is 18.7 Å². The maximum Gasteiger partial charge on any atom is 0.337 e. The number of imide groups is 1. The lowest BCUT2D eigenvalue weighted by atomic mass is 9.82. The van der Waals surface area contributed by atoms with Gasteiger partial charge < -0.3 is 14.7 Å². The maximum atomic E-state index is 13.4. The summed E-state index contributed by atoms with van der Waals surface area (Å²) in [5.41, 5.74) is 4.66. The Kier molecular flexibility index (Phi) is 9.82. The number of carbonyl (C=O) groups excluding carboxylic acids is 2. The fraction of sp³-hybridized carbons (Fsp3) is 0.444. The Labute approximate surface area is 265 Å². The molecule has 8 nitrogen and oxygen atoms in total. The van der Waals surface area contributed by atoms with Crippen LogP contribution in [-0.2, 0) is 25.5 Å². The predicted octanol–water partition coefficient (Wildman–Crippen LogP) is 7.19. The van der Waals surface area contributed by atoms with E-state index in [1.54, 1.807) is 12.1 Å². The normalized spacial score (nSPS) is 15.4.